The number of nitrogens with two attached hydrogens (primary N) is 1. The second kappa shape index (κ2) is 6.53. The molecule has 1 aliphatic heterocycles. The van der Waals surface area contributed by atoms with Gasteiger partial charge in [-0.15, -0.1) is 5.11 Å². The number of aromatic nitrogens is 1. The summed E-state index contributed by atoms with van der Waals surface area (Å²) in [4.78, 5) is 4.22. The molecule has 2 heterocycles. The summed E-state index contributed by atoms with van der Waals surface area (Å²) in [6.45, 7) is 0. The van der Waals surface area contributed by atoms with Gasteiger partial charge < -0.3 is 5.73 Å². The van der Waals surface area contributed by atoms with Crippen molar-refractivity contribution >= 4 is 32.0 Å². The van der Waals surface area contributed by atoms with Crippen molar-refractivity contribution in [2.45, 2.75) is 0 Å². The first-order valence-corrected chi connectivity index (χ1v) is 6.89. The molecule has 0 fully saturated rings. The fourth-order valence-corrected chi connectivity index (χ4v) is 1.81. The summed E-state index contributed by atoms with van der Waals surface area (Å²) in [7, 11) is -2.22. The van der Waals surface area contributed by atoms with Crippen LogP contribution in [0.1, 0.15) is 5.69 Å². The highest BCUT2D eigenvalue weighted by Gasteiger charge is 1.99. The minimum absolute atomic E-state index is 0.00533. The molecule has 3 rings (SSSR count). The van der Waals surface area contributed by atoms with Crippen LogP contribution in [0.25, 0.3) is 10.9 Å². The van der Waals surface area contributed by atoms with Crippen LogP contribution in [-0.2, 0) is 10.3 Å². The molecular formula is C13H11N5O2S. The van der Waals surface area contributed by atoms with E-state index in [1.807, 2.05) is 30.3 Å². The lowest BCUT2D eigenvalue weighted by Crippen LogP contribution is -2.12. The van der Waals surface area contributed by atoms with Gasteiger partial charge in [-0.3, -0.25) is 5.41 Å². The third-order valence-electron chi connectivity index (χ3n) is 2.49. The molecule has 0 saturated heterocycles. The summed E-state index contributed by atoms with van der Waals surface area (Å²) in [6.07, 6.45) is 2.65. The van der Waals surface area contributed by atoms with Gasteiger partial charge in [-0.25, -0.2) is 4.98 Å². The number of amidine groups is 1. The van der Waals surface area contributed by atoms with Crippen molar-refractivity contribution in [2.75, 3.05) is 0 Å². The molecule has 1 aromatic carbocycles. The quantitative estimate of drug-likeness (QED) is 0.470. The average molecular weight is 301 g/mol. The zero-order valence-electron chi connectivity index (χ0n) is 10.8. The summed E-state index contributed by atoms with van der Waals surface area (Å²) >= 11 is 0. The maximum atomic E-state index is 9.96. The fourth-order valence-electron chi connectivity index (χ4n) is 1.53. The van der Waals surface area contributed by atoms with Gasteiger partial charge >= 0.3 is 0 Å². The Morgan fingerprint density at radius 1 is 1.14 bits per heavy atom. The summed E-state index contributed by atoms with van der Waals surface area (Å²) < 4.78 is 19.9. The number of azo groups is 1. The molecule has 0 radical (unpaired) electrons. The lowest BCUT2D eigenvalue weighted by atomic mass is 10.2. The first-order valence-electron chi connectivity index (χ1n) is 5.82. The Labute approximate surface area is 121 Å². The van der Waals surface area contributed by atoms with Crippen molar-refractivity contribution in [1.82, 2.24) is 4.98 Å². The first-order chi connectivity index (χ1) is 10.1. The fraction of sp³-hybridized carbons (Fsp3) is 0. The summed E-state index contributed by atoms with van der Waals surface area (Å²) in [6, 6.07) is 11.4. The van der Waals surface area contributed by atoms with Gasteiger partial charge in [0.2, 0.25) is 15.3 Å². The van der Waals surface area contributed by atoms with E-state index in [-0.39, 0.29) is 10.8 Å². The largest absolute Gasteiger partial charge is 0.382 e. The van der Waals surface area contributed by atoms with Crippen LogP contribution in [0, 0.1) is 5.41 Å². The summed E-state index contributed by atoms with van der Waals surface area (Å²) in [5.74, 6) is 0.00533. The zero-order valence-corrected chi connectivity index (χ0v) is 11.6. The van der Waals surface area contributed by atoms with Crippen molar-refractivity contribution in [3.63, 3.8) is 0 Å². The Hall–Kier alpha value is -2.87. The van der Waals surface area contributed by atoms with E-state index in [2.05, 4.69) is 15.2 Å². The SMILES string of the molecule is N=C(N)c1ccc2ccccc2n1.O=S(=O)=C1C=CN=N1. The molecule has 0 unspecified atom stereocenters. The Morgan fingerprint density at radius 3 is 2.48 bits per heavy atom. The standard InChI is InChI=1S/C10H9N3.C3H2N2O2S/c11-10(12)9-6-5-7-3-1-2-4-8(7)13-9;6-8(7)3-1-2-4-5-3/h1-6H,(H3,11,12);1-2H. The summed E-state index contributed by atoms with van der Waals surface area (Å²) in [5, 5.41) is 14.8. The number of rotatable bonds is 1. The molecule has 0 bridgehead atoms. The second-order valence-electron chi connectivity index (χ2n) is 3.91. The minimum Gasteiger partial charge on any atom is -0.382 e. The van der Waals surface area contributed by atoms with Gasteiger partial charge in [-0.05, 0) is 12.1 Å². The molecule has 0 atom stereocenters. The van der Waals surface area contributed by atoms with Gasteiger partial charge in [-0.2, -0.15) is 13.5 Å². The maximum absolute atomic E-state index is 9.96. The Balaban J connectivity index is 0.000000173. The first kappa shape index (κ1) is 14.5. The number of fused-ring (bicyclic) bond motifs is 1. The van der Waals surface area contributed by atoms with E-state index < -0.39 is 10.3 Å². The normalized spacial score (nSPS) is 12.1. The Bertz CT molecular complexity index is 862. The van der Waals surface area contributed by atoms with Crippen LogP contribution in [0.4, 0.5) is 0 Å². The number of nitrogens with one attached hydrogen (secondary N) is 1. The third kappa shape index (κ3) is 3.80. The maximum Gasteiger partial charge on any atom is 0.242 e. The van der Waals surface area contributed by atoms with Gasteiger partial charge in [0.1, 0.15) is 11.5 Å². The van der Waals surface area contributed by atoms with E-state index in [0.29, 0.717) is 5.69 Å². The van der Waals surface area contributed by atoms with Gasteiger partial charge in [0, 0.05) is 11.5 Å². The van der Waals surface area contributed by atoms with Crippen molar-refractivity contribution in [2.24, 2.45) is 16.0 Å². The van der Waals surface area contributed by atoms with Crippen LogP contribution < -0.4 is 5.73 Å². The van der Waals surface area contributed by atoms with Gasteiger partial charge in [0.25, 0.3) is 0 Å². The molecule has 0 aliphatic carbocycles. The second-order valence-corrected chi connectivity index (χ2v) is 4.79. The van der Waals surface area contributed by atoms with Crippen molar-refractivity contribution < 1.29 is 8.42 Å². The molecule has 106 valence electrons. The Kier molecular flexibility index (Phi) is 4.52. The van der Waals surface area contributed by atoms with Crippen LogP contribution in [0.5, 0.6) is 0 Å². The predicted molar refractivity (Wildman–Crippen MR) is 80.7 cm³/mol. The van der Waals surface area contributed by atoms with Crippen LogP contribution in [-0.4, -0.2) is 24.2 Å². The zero-order chi connectivity index (χ0) is 15.2. The smallest absolute Gasteiger partial charge is 0.242 e. The van der Waals surface area contributed by atoms with E-state index in [4.69, 9.17) is 11.1 Å². The number of nitrogen functional groups attached to an aromatic ring is 1. The topological polar surface area (TPSA) is 122 Å². The lowest BCUT2D eigenvalue weighted by molar-refractivity contribution is 0.627. The van der Waals surface area contributed by atoms with Crippen LogP contribution in [0.2, 0.25) is 0 Å². The number of nitrogens with zero attached hydrogens (tertiary/aromatic N) is 3. The van der Waals surface area contributed by atoms with E-state index in [1.165, 1.54) is 12.3 Å². The van der Waals surface area contributed by atoms with Gasteiger partial charge in [-0.1, -0.05) is 24.3 Å². The van der Waals surface area contributed by atoms with Gasteiger partial charge in [0.15, 0.2) is 0 Å². The number of hydrogen-bond donors (Lipinski definition) is 2. The number of hydrogen-bond acceptors (Lipinski definition) is 5. The van der Waals surface area contributed by atoms with Crippen molar-refractivity contribution in [1.29, 1.82) is 5.41 Å². The van der Waals surface area contributed by atoms with E-state index >= 15 is 0 Å². The highest BCUT2D eigenvalue weighted by atomic mass is 32.2. The van der Waals surface area contributed by atoms with Crippen LogP contribution in [0.3, 0.4) is 0 Å². The highest BCUT2D eigenvalue weighted by Crippen LogP contribution is 2.11. The molecule has 1 aromatic heterocycles. The Morgan fingerprint density at radius 2 is 1.90 bits per heavy atom. The van der Waals surface area contributed by atoms with Gasteiger partial charge in [0.05, 0.1) is 11.7 Å². The molecule has 7 nitrogen and oxygen atoms in total. The lowest BCUT2D eigenvalue weighted by Gasteiger charge is -1.99. The predicted octanol–water partition coefficient (Wildman–Crippen LogP) is 1.49. The monoisotopic (exact) mass is 301 g/mol. The van der Waals surface area contributed by atoms with E-state index in [9.17, 15) is 8.42 Å². The van der Waals surface area contributed by atoms with Crippen LogP contribution >= 0.6 is 0 Å². The molecule has 2 aromatic rings. The van der Waals surface area contributed by atoms with Crippen molar-refractivity contribution in [3.8, 4) is 0 Å². The molecule has 8 heteroatoms. The van der Waals surface area contributed by atoms with E-state index in [0.717, 1.165) is 10.9 Å². The average Bonchev–Trinajstić information content (AvgIpc) is 3.02. The molecule has 1 aliphatic rings. The molecule has 0 spiro atoms. The molecule has 3 N–H and O–H groups in total. The summed E-state index contributed by atoms with van der Waals surface area (Å²) in [5.41, 5.74) is 6.72. The number of pyridine rings is 1. The number of benzene rings is 1. The molecule has 0 amide bonds. The molecule has 0 saturated carbocycles. The third-order valence-corrected chi connectivity index (χ3v) is 3.04. The van der Waals surface area contributed by atoms with E-state index in [1.54, 1.807) is 6.07 Å². The highest BCUT2D eigenvalue weighted by molar-refractivity contribution is 7.73. The molecule has 21 heavy (non-hydrogen) atoms. The minimum atomic E-state index is -2.22. The molecular weight excluding hydrogens is 290 g/mol. The van der Waals surface area contributed by atoms with Crippen LogP contribution in [0.15, 0.2) is 58.9 Å². The number of para-hydroxylation sites is 1. The van der Waals surface area contributed by atoms with Crippen molar-refractivity contribution in [3.05, 3.63) is 54.4 Å².